The minimum absolute atomic E-state index is 0.172. The molecular weight excluding hydrogens is 358 g/mol. The van der Waals surface area contributed by atoms with Crippen LogP contribution in [0.5, 0.6) is 0 Å². The van der Waals surface area contributed by atoms with Crippen LogP contribution in [0.2, 0.25) is 0 Å². The summed E-state index contributed by atoms with van der Waals surface area (Å²) in [5.41, 5.74) is 6.28. The topological polar surface area (TPSA) is 142 Å². The van der Waals surface area contributed by atoms with Crippen molar-refractivity contribution < 1.29 is 24.6 Å². The van der Waals surface area contributed by atoms with Crippen molar-refractivity contribution in [3.63, 3.8) is 0 Å². The van der Waals surface area contributed by atoms with E-state index in [0.29, 0.717) is 5.75 Å². The van der Waals surface area contributed by atoms with Gasteiger partial charge >= 0.3 is 5.97 Å². The van der Waals surface area contributed by atoms with Crippen molar-refractivity contribution in [3.05, 3.63) is 35.9 Å². The van der Waals surface area contributed by atoms with E-state index in [1.807, 2.05) is 12.3 Å². The highest BCUT2D eigenvalue weighted by Gasteiger charge is 2.27. The Morgan fingerprint density at radius 1 is 1.12 bits per heavy atom. The summed E-state index contributed by atoms with van der Waals surface area (Å²) in [6.07, 6.45) is 2.28. The van der Waals surface area contributed by atoms with Crippen molar-refractivity contribution in [1.82, 2.24) is 10.6 Å². The lowest BCUT2D eigenvalue weighted by Crippen LogP contribution is -2.55. The molecule has 0 aromatic heterocycles. The average Bonchev–Trinajstić information content (AvgIpc) is 2.64. The van der Waals surface area contributed by atoms with Gasteiger partial charge in [0.2, 0.25) is 11.8 Å². The lowest BCUT2D eigenvalue weighted by atomic mass is 10.0. The number of thioether (sulfide) groups is 1. The lowest BCUT2D eigenvalue weighted by Gasteiger charge is -2.22. The first kappa shape index (κ1) is 21.9. The second-order valence-corrected chi connectivity index (χ2v) is 6.71. The van der Waals surface area contributed by atoms with Gasteiger partial charge in [0.15, 0.2) is 0 Å². The smallest absolute Gasteiger partial charge is 0.326 e. The van der Waals surface area contributed by atoms with Crippen molar-refractivity contribution in [2.24, 2.45) is 5.73 Å². The summed E-state index contributed by atoms with van der Waals surface area (Å²) in [7, 11) is 0. The van der Waals surface area contributed by atoms with Crippen molar-refractivity contribution in [2.45, 2.75) is 31.0 Å². The van der Waals surface area contributed by atoms with Gasteiger partial charge in [0, 0.05) is 6.42 Å². The number of carbonyl (C=O) groups is 3. The number of benzene rings is 1. The first-order valence-corrected chi connectivity index (χ1v) is 9.51. The van der Waals surface area contributed by atoms with Gasteiger partial charge in [-0.25, -0.2) is 4.79 Å². The summed E-state index contributed by atoms with van der Waals surface area (Å²) in [6, 6.07) is 5.79. The van der Waals surface area contributed by atoms with E-state index >= 15 is 0 Å². The summed E-state index contributed by atoms with van der Waals surface area (Å²) in [5.74, 6) is -1.85. The van der Waals surface area contributed by atoms with E-state index in [4.69, 9.17) is 10.8 Å². The highest BCUT2D eigenvalue weighted by atomic mass is 32.2. The molecule has 0 radical (unpaired) electrons. The molecule has 144 valence electrons. The van der Waals surface area contributed by atoms with Crippen LogP contribution in [0.15, 0.2) is 30.3 Å². The number of carbonyl (C=O) groups excluding carboxylic acids is 2. The van der Waals surface area contributed by atoms with Gasteiger partial charge in [-0.3, -0.25) is 9.59 Å². The molecule has 0 fully saturated rings. The minimum Gasteiger partial charge on any atom is -0.480 e. The van der Waals surface area contributed by atoms with E-state index in [2.05, 4.69) is 10.6 Å². The van der Waals surface area contributed by atoms with Crippen LogP contribution < -0.4 is 16.4 Å². The fourth-order valence-electron chi connectivity index (χ4n) is 2.19. The standard InChI is InChI=1S/C17H25N3O5S/c1-26-8-7-13(17(24)25)19-16(23)14(20-15(22)12(18)10-21)9-11-5-3-2-4-6-11/h2-6,12-14,21H,7-10,18H2,1H3,(H,19,23)(H,20,22)(H,24,25). The van der Waals surface area contributed by atoms with Crippen molar-refractivity contribution in [2.75, 3.05) is 18.6 Å². The number of hydrogen-bond donors (Lipinski definition) is 5. The molecule has 1 aromatic carbocycles. The molecule has 0 bridgehead atoms. The van der Waals surface area contributed by atoms with Gasteiger partial charge in [-0.2, -0.15) is 11.8 Å². The zero-order chi connectivity index (χ0) is 19.5. The van der Waals surface area contributed by atoms with Gasteiger partial charge in [-0.1, -0.05) is 30.3 Å². The molecule has 1 aromatic rings. The van der Waals surface area contributed by atoms with E-state index in [-0.39, 0.29) is 12.8 Å². The maximum absolute atomic E-state index is 12.6. The van der Waals surface area contributed by atoms with Crippen LogP contribution in [-0.2, 0) is 20.8 Å². The number of amides is 2. The molecule has 9 heteroatoms. The molecule has 3 unspecified atom stereocenters. The van der Waals surface area contributed by atoms with Gasteiger partial charge in [0.05, 0.1) is 6.61 Å². The van der Waals surface area contributed by atoms with Gasteiger partial charge in [-0.15, -0.1) is 0 Å². The Morgan fingerprint density at radius 3 is 2.27 bits per heavy atom. The molecule has 0 saturated heterocycles. The molecule has 26 heavy (non-hydrogen) atoms. The quantitative estimate of drug-likeness (QED) is 0.342. The number of carboxylic acids is 1. The van der Waals surface area contributed by atoms with Gasteiger partial charge in [-0.05, 0) is 24.0 Å². The number of aliphatic hydroxyl groups excluding tert-OH is 1. The van der Waals surface area contributed by atoms with Crippen LogP contribution in [0.4, 0.5) is 0 Å². The fourth-order valence-corrected chi connectivity index (χ4v) is 2.66. The van der Waals surface area contributed by atoms with Gasteiger partial charge < -0.3 is 26.6 Å². The third kappa shape index (κ3) is 7.42. The predicted octanol–water partition coefficient (Wildman–Crippen LogP) is -0.644. The zero-order valence-electron chi connectivity index (χ0n) is 14.6. The van der Waals surface area contributed by atoms with E-state index in [1.54, 1.807) is 24.3 Å². The molecule has 0 aliphatic carbocycles. The summed E-state index contributed by atoms with van der Waals surface area (Å²) < 4.78 is 0. The zero-order valence-corrected chi connectivity index (χ0v) is 15.4. The first-order valence-electron chi connectivity index (χ1n) is 8.11. The highest BCUT2D eigenvalue weighted by molar-refractivity contribution is 7.98. The van der Waals surface area contributed by atoms with Gasteiger partial charge in [0.1, 0.15) is 18.1 Å². The summed E-state index contributed by atoms with van der Waals surface area (Å²) in [5, 5.41) is 23.2. The molecule has 2 amide bonds. The van der Waals surface area contributed by atoms with Crippen LogP contribution >= 0.6 is 11.8 Å². The second-order valence-electron chi connectivity index (χ2n) is 5.72. The number of aliphatic hydroxyl groups is 1. The van der Waals surface area contributed by atoms with Crippen molar-refractivity contribution in [3.8, 4) is 0 Å². The number of carboxylic acid groups (broad SMARTS) is 1. The largest absolute Gasteiger partial charge is 0.480 e. The molecule has 3 atom stereocenters. The molecule has 1 rings (SSSR count). The first-order chi connectivity index (χ1) is 12.4. The normalized spacial score (nSPS) is 14.1. The maximum atomic E-state index is 12.6. The number of rotatable bonds is 11. The highest BCUT2D eigenvalue weighted by Crippen LogP contribution is 2.06. The Hall–Kier alpha value is -2.10. The monoisotopic (exact) mass is 383 g/mol. The van der Waals surface area contributed by atoms with E-state index in [0.717, 1.165) is 5.56 Å². The fraction of sp³-hybridized carbons (Fsp3) is 0.471. The van der Waals surface area contributed by atoms with Crippen LogP contribution in [0, 0.1) is 0 Å². The molecule has 0 spiro atoms. The van der Waals surface area contributed by atoms with Crippen LogP contribution in [-0.4, -0.2) is 64.7 Å². The molecule has 0 saturated carbocycles. The molecule has 0 heterocycles. The summed E-state index contributed by atoms with van der Waals surface area (Å²) in [6.45, 7) is -0.559. The average molecular weight is 383 g/mol. The lowest BCUT2D eigenvalue weighted by molar-refractivity contribution is -0.142. The molecule has 0 aliphatic rings. The number of nitrogens with two attached hydrogens (primary N) is 1. The second kappa shape index (κ2) is 11.5. The van der Waals surface area contributed by atoms with Crippen LogP contribution in [0.1, 0.15) is 12.0 Å². The third-order valence-corrected chi connectivity index (χ3v) is 4.32. The van der Waals surface area contributed by atoms with E-state index in [9.17, 15) is 19.5 Å². The Kier molecular flexibility index (Phi) is 9.71. The Labute approximate surface area is 156 Å². The number of nitrogens with one attached hydrogen (secondary N) is 2. The van der Waals surface area contributed by atoms with Crippen molar-refractivity contribution >= 4 is 29.5 Å². The van der Waals surface area contributed by atoms with E-state index < -0.39 is 42.5 Å². The van der Waals surface area contributed by atoms with Crippen LogP contribution in [0.25, 0.3) is 0 Å². The third-order valence-electron chi connectivity index (χ3n) is 3.67. The minimum atomic E-state index is -1.16. The molecular formula is C17H25N3O5S. The SMILES string of the molecule is CSCCC(NC(=O)C(Cc1ccccc1)NC(=O)C(N)CO)C(=O)O. The number of aliphatic carboxylic acids is 1. The van der Waals surface area contributed by atoms with E-state index in [1.165, 1.54) is 11.8 Å². The van der Waals surface area contributed by atoms with Gasteiger partial charge in [0.25, 0.3) is 0 Å². The Balaban J connectivity index is 2.88. The Morgan fingerprint density at radius 2 is 1.73 bits per heavy atom. The molecule has 8 nitrogen and oxygen atoms in total. The maximum Gasteiger partial charge on any atom is 0.326 e. The van der Waals surface area contributed by atoms with Crippen molar-refractivity contribution in [1.29, 1.82) is 0 Å². The Bertz CT molecular complexity index is 599. The summed E-state index contributed by atoms with van der Waals surface area (Å²) in [4.78, 5) is 35.9. The molecule has 6 N–H and O–H groups in total. The predicted molar refractivity (Wildman–Crippen MR) is 99.7 cm³/mol. The summed E-state index contributed by atoms with van der Waals surface area (Å²) >= 11 is 1.47. The molecule has 0 aliphatic heterocycles. The number of hydrogen-bond acceptors (Lipinski definition) is 6. The van der Waals surface area contributed by atoms with Crippen LogP contribution in [0.3, 0.4) is 0 Å².